The second-order valence-electron chi connectivity index (χ2n) is 8.66. The zero-order valence-corrected chi connectivity index (χ0v) is 17.7. The maximum Gasteiger partial charge on any atom is 0.261 e. The molecular weight excluding hydrogens is 394 g/mol. The summed E-state index contributed by atoms with van der Waals surface area (Å²) in [4.78, 5) is 33.3. The van der Waals surface area contributed by atoms with Gasteiger partial charge in [0.1, 0.15) is 0 Å². The minimum Gasteiger partial charge on any atom is -0.367 e. The molecule has 5 nitrogen and oxygen atoms in total. The molecule has 0 aromatic heterocycles. The molecule has 0 unspecified atom stereocenters. The van der Waals surface area contributed by atoms with E-state index >= 15 is 0 Å². The first kappa shape index (κ1) is 18.5. The average Bonchev–Trinajstić information content (AvgIpc) is 3.10. The fourth-order valence-corrected chi connectivity index (χ4v) is 6.74. The van der Waals surface area contributed by atoms with E-state index in [2.05, 4.69) is 28.0 Å². The van der Waals surface area contributed by atoms with Gasteiger partial charge in [0.05, 0.1) is 16.8 Å². The molecule has 4 aliphatic heterocycles. The van der Waals surface area contributed by atoms with Crippen LogP contribution in [-0.2, 0) is 0 Å². The summed E-state index contributed by atoms with van der Waals surface area (Å²) in [6, 6.07) is 14.6. The van der Waals surface area contributed by atoms with Crippen LogP contribution in [-0.4, -0.2) is 66.1 Å². The van der Waals surface area contributed by atoms with Crippen LogP contribution in [0.4, 0.5) is 5.69 Å². The Labute approximate surface area is 181 Å². The van der Waals surface area contributed by atoms with E-state index in [0.717, 1.165) is 32.6 Å². The van der Waals surface area contributed by atoms with E-state index in [1.807, 2.05) is 23.9 Å². The predicted octanol–water partition coefficient (Wildman–Crippen LogP) is 3.46. The molecule has 1 saturated heterocycles. The monoisotopic (exact) mass is 419 g/mol. The first-order chi connectivity index (χ1) is 14.7. The van der Waals surface area contributed by atoms with Crippen molar-refractivity contribution in [2.45, 2.75) is 29.7 Å². The topological polar surface area (TPSA) is 43.9 Å². The number of rotatable bonds is 3. The number of hydrogen-bond acceptors (Lipinski definition) is 5. The number of fused-ring (bicyclic) bond motifs is 4. The molecule has 30 heavy (non-hydrogen) atoms. The SMILES string of the molecule is O=C1c2ccccc2C(=O)N1CCN1CC[C@@H]2[C@H](C1)c1cccc3c1N2CCCS3. The molecule has 6 heteroatoms. The van der Waals surface area contributed by atoms with Gasteiger partial charge in [-0.1, -0.05) is 24.3 Å². The number of piperidine rings is 1. The van der Waals surface area contributed by atoms with Crippen LogP contribution in [0, 0.1) is 0 Å². The highest BCUT2D eigenvalue weighted by Crippen LogP contribution is 2.50. The van der Waals surface area contributed by atoms with Crippen LogP contribution in [0.5, 0.6) is 0 Å². The number of amides is 2. The van der Waals surface area contributed by atoms with Gasteiger partial charge in [0.15, 0.2) is 0 Å². The summed E-state index contributed by atoms with van der Waals surface area (Å²) >= 11 is 2.00. The number of carbonyl (C=O) groups is 2. The van der Waals surface area contributed by atoms with Crippen LogP contribution in [0.15, 0.2) is 47.4 Å². The van der Waals surface area contributed by atoms with Gasteiger partial charge in [-0.3, -0.25) is 14.5 Å². The highest BCUT2D eigenvalue weighted by Gasteiger charge is 2.43. The second-order valence-corrected chi connectivity index (χ2v) is 9.80. The Hall–Kier alpha value is -2.31. The zero-order chi connectivity index (χ0) is 20.2. The molecule has 2 amide bonds. The van der Waals surface area contributed by atoms with Gasteiger partial charge in [0, 0.05) is 49.6 Å². The van der Waals surface area contributed by atoms with Gasteiger partial charge in [-0.15, -0.1) is 11.8 Å². The van der Waals surface area contributed by atoms with Gasteiger partial charge >= 0.3 is 0 Å². The summed E-state index contributed by atoms with van der Waals surface area (Å²) in [5.41, 5.74) is 4.07. The number of imide groups is 1. The zero-order valence-electron chi connectivity index (χ0n) is 16.9. The second kappa shape index (κ2) is 7.13. The smallest absolute Gasteiger partial charge is 0.261 e. The van der Waals surface area contributed by atoms with Crippen LogP contribution in [0.25, 0.3) is 0 Å². The Morgan fingerprint density at radius 2 is 1.73 bits per heavy atom. The highest BCUT2D eigenvalue weighted by molar-refractivity contribution is 7.99. The van der Waals surface area contributed by atoms with Crippen LogP contribution in [0.2, 0.25) is 0 Å². The fourth-order valence-electron chi connectivity index (χ4n) is 5.70. The summed E-state index contributed by atoms with van der Waals surface area (Å²) in [6.45, 7) is 4.41. The number of thioether (sulfide) groups is 1. The van der Waals surface area contributed by atoms with Crippen molar-refractivity contribution in [3.8, 4) is 0 Å². The number of anilines is 1. The van der Waals surface area contributed by atoms with Crippen molar-refractivity contribution >= 4 is 29.3 Å². The van der Waals surface area contributed by atoms with Gasteiger partial charge in [0.2, 0.25) is 0 Å². The lowest BCUT2D eigenvalue weighted by Crippen LogP contribution is -2.48. The molecule has 0 saturated carbocycles. The third kappa shape index (κ3) is 2.73. The first-order valence-electron chi connectivity index (χ1n) is 10.9. The molecule has 4 aliphatic rings. The molecule has 0 radical (unpaired) electrons. The van der Waals surface area contributed by atoms with E-state index in [4.69, 9.17) is 0 Å². The van der Waals surface area contributed by atoms with Crippen molar-refractivity contribution in [2.24, 2.45) is 0 Å². The number of likely N-dealkylation sites (tertiary alicyclic amines) is 1. The molecule has 154 valence electrons. The number of para-hydroxylation sites is 1. The average molecular weight is 420 g/mol. The minimum atomic E-state index is -0.147. The summed E-state index contributed by atoms with van der Waals surface area (Å²) in [7, 11) is 0. The van der Waals surface area contributed by atoms with E-state index in [-0.39, 0.29) is 11.8 Å². The van der Waals surface area contributed by atoms with E-state index in [0.29, 0.717) is 29.6 Å². The molecule has 2 aromatic carbocycles. The number of nitrogens with zero attached hydrogens (tertiary/aromatic N) is 3. The molecule has 0 aliphatic carbocycles. The van der Waals surface area contributed by atoms with Crippen molar-refractivity contribution in [1.82, 2.24) is 9.80 Å². The summed E-state index contributed by atoms with van der Waals surface area (Å²) in [5.74, 6) is 1.43. The van der Waals surface area contributed by atoms with Crippen molar-refractivity contribution < 1.29 is 9.59 Å². The quantitative estimate of drug-likeness (QED) is 0.713. The number of carbonyl (C=O) groups excluding carboxylic acids is 2. The van der Waals surface area contributed by atoms with E-state index in [1.165, 1.54) is 33.2 Å². The lowest BCUT2D eigenvalue weighted by atomic mass is 9.89. The Balaban J connectivity index is 1.18. The van der Waals surface area contributed by atoms with Crippen molar-refractivity contribution in [2.75, 3.05) is 43.4 Å². The first-order valence-corrected chi connectivity index (χ1v) is 11.9. The standard InChI is InChI=1S/C24H25N3O2S/c28-23-17-5-1-2-6-18(17)24(29)27(23)13-12-25-11-9-20-19(15-25)16-7-3-8-21-22(16)26(20)10-4-14-30-21/h1-3,5-8,19-20H,4,9-15H2/t19-,20-/m1/s1. The van der Waals surface area contributed by atoms with Crippen LogP contribution in [0.3, 0.4) is 0 Å². The molecule has 2 atom stereocenters. The molecule has 2 aromatic rings. The Morgan fingerprint density at radius 3 is 2.53 bits per heavy atom. The van der Waals surface area contributed by atoms with E-state index < -0.39 is 0 Å². The van der Waals surface area contributed by atoms with Gasteiger partial charge in [-0.25, -0.2) is 0 Å². The summed E-state index contributed by atoms with van der Waals surface area (Å²) in [6.07, 6.45) is 2.39. The molecule has 4 heterocycles. The largest absolute Gasteiger partial charge is 0.367 e. The van der Waals surface area contributed by atoms with Crippen LogP contribution >= 0.6 is 11.8 Å². The van der Waals surface area contributed by atoms with E-state index in [9.17, 15) is 9.59 Å². The normalized spacial score (nSPS) is 25.2. The number of hydrogen-bond donors (Lipinski definition) is 0. The molecule has 1 fully saturated rings. The Kier molecular flexibility index (Phi) is 4.39. The third-order valence-corrected chi connectivity index (χ3v) is 8.23. The minimum absolute atomic E-state index is 0.147. The maximum atomic E-state index is 12.7. The lowest BCUT2D eigenvalue weighted by molar-refractivity contribution is 0.0627. The summed E-state index contributed by atoms with van der Waals surface area (Å²) < 4.78 is 0. The molecule has 6 rings (SSSR count). The van der Waals surface area contributed by atoms with E-state index in [1.54, 1.807) is 12.1 Å². The van der Waals surface area contributed by atoms with Crippen LogP contribution < -0.4 is 4.90 Å². The molecular formula is C24H25N3O2S. The maximum absolute atomic E-state index is 12.7. The predicted molar refractivity (Wildman–Crippen MR) is 119 cm³/mol. The van der Waals surface area contributed by atoms with Gasteiger partial charge in [-0.05, 0) is 42.4 Å². The van der Waals surface area contributed by atoms with Gasteiger partial charge < -0.3 is 9.80 Å². The van der Waals surface area contributed by atoms with Crippen LogP contribution in [0.1, 0.15) is 45.0 Å². The molecule has 0 spiro atoms. The van der Waals surface area contributed by atoms with Crippen molar-refractivity contribution in [3.05, 3.63) is 59.2 Å². The van der Waals surface area contributed by atoms with Crippen molar-refractivity contribution in [1.29, 1.82) is 0 Å². The third-order valence-electron chi connectivity index (χ3n) is 7.10. The Bertz CT molecular complexity index is 1000. The lowest BCUT2D eigenvalue weighted by Gasteiger charge is -2.39. The molecule has 0 bridgehead atoms. The Morgan fingerprint density at radius 1 is 0.933 bits per heavy atom. The van der Waals surface area contributed by atoms with Crippen molar-refractivity contribution in [3.63, 3.8) is 0 Å². The molecule has 0 N–H and O–H groups in total. The number of benzene rings is 2. The fraction of sp³-hybridized carbons (Fsp3) is 0.417. The summed E-state index contributed by atoms with van der Waals surface area (Å²) in [5, 5.41) is 0. The highest BCUT2D eigenvalue weighted by atomic mass is 32.2. The van der Waals surface area contributed by atoms with Gasteiger partial charge in [-0.2, -0.15) is 0 Å². The van der Waals surface area contributed by atoms with Gasteiger partial charge in [0.25, 0.3) is 11.8 Å².